The van der Waals surface area contributed by atoms with E-state index in [9.17, 15) is 8.42 Å². The maximum Gasteiger partial charge on any atom is 0.210 e. The van der Waals surface area contributed by atoms with Crippen LogP contribution in [0.4, 0.5) is 5.69 Å². The molecule has 1 aliphatic heterocycles. The molecule has 0 saturated carbocycles. The van der Waals surface area contributed by atoms with Gasteiger partial charge in [0.05, 0.1) is 16.1 Å². The molecule has 0 amide bonds. The standard InChI is InChI=1S/C17H18N4O2S.ClH/c22-24(23,13-4-2-1-3-5-13)15-12-20-16-14(6-7-19-17(15)16)21-10-8-18-9-11-21;/h1-7,12,18,20H,8-11H2;1H. The van der Waals surface area contributed by atoms with Crippen LogP contribution in [0.25, 0.3) is 11.0 Å². The molecule has 2 N–H and O–H groups in total. The molecule has 0 aliphatic carbocycles. The Bertz CT molecular complexity index is 967. The van der Waals surface area contributed by atoms with Gasteiger partial charge in [-0.3, -0.25) is 4.98 Å². The number of nitrogens with zero attached hydrogens (tertiary/aromatic N) is 2. The van der Waals surface area contributed by atoms with E-state index in [1.165, 1.54) is 0 Å². The second kappa shape index (κ2) is 7.03. The summed E-state index contributed by atoms with van der Waals surface area (Å²) in [6.07, 6.45) is 3.23. The van der Waals surface area contributed by atoms with Crippen molar-refractivity contribution in [1.29, 1.82) is 0 Å². The normalized spacial score (nSPS) is 15.1. The first kappa shape index (κ1) is 17.7. The second-order valence-corrected chi connectivity index (χ2v) is 7.68. The number of halogens is 1. The Labute approximate surface area is 152 Å². The quantitative estimate of drug-likeness (QED) is 0.730. The van der Waals surface area contributed by atoms with Crippen LogP contribution in [-0.4, -0.2) is 44.6 Å². The Kier molecular flexibility index (Phi) is 4.99. The Hall–Kier alpha value is -2.09. The molecule has 0 spiro atoms. The summed E-state index contributed by atoms with van der Waals surface area (Å²) < 4.78 is 25.8. The zero-order valence-electron chi connectivity index (χ0n) is 13.5. The lowest BCUT2D eigenvalue weighted by Gasteiger charge is -2.29. The number of hydrogen-bond donors (Lipinski definition) is 2. The van der Waals surface area contributed by atoms with Gasteiger partial charge in [0.25, 0.3) is 0 Å². The van der Waals surface area contributed by atoms with Crippen molar-refractivity contribution in [2.75, 3.05) is 31.1 Å². The minimum atomic E-state index is -3.59. The van der Waals surface area contributed by atoms with Crippen LogP contribution in [0.1, 0.15) is 0 Å². The SMILES string of the molecule is Cl.O=S(=O)(c1ccccc1)c1c[nH]c2c(N3CCNCC3)ccnc12. The third kappa shape index (κ3) is 3.10. The van der Waals surface area contributed by atoms with E-state index >= 15 is 0 Å². The highest BCUT2D eigenvalue weighted by Gasteiger charge is 2.24. The molecule has 1 saturated heterocycles. The molecular formula is C17H19ClN4O2S. The summed E-state index contributed by atoms with van der Waals surface area (Å²) in [6.45, 7) is 3.61. The van der Waals surface area contributed by atoms with E-state index in [1.54, 1.807) is 42.7 Å². The summed E-state index contributed by atoms with van der Waals surface area (Å²) in [5.41, 5.74) is 2.26. The van der Waals surface area contributed by atoms with E-state index in [2.05, 4.69) is 20.2 Å². The first-order valence-electron chi connectivity index (χ1n) is 7.90. The Morgan fingerprint density at radius 2 is 1.76 bits per heavy atom. The number of sulfone groups is 1. The van der Waals surface area contributed by atoms with E-state index < -0.39 is 9.84 Å². The van der Waals surface area contributed by atoms with E-state index in [4.69, 9.17) is 0 Å². The first-order valence-corrected chi connectivity index (χ1v) is 9.38. The lowest BCUT2D eigenvalue weighted by Crippen LogP contribution is -2.43. The second-order valence-electron chi connectivity index (χ2n) is 5.76. The molecular weight excluding hydrogens is 360 g/mol. The molecule has 0 unspecified atom stereocenters. The Morgan fingerprint density at radius 1 is 1.04 bits per heavy atom. The van der Waals surface area contributed by atoms with E-state index in [1.807, 2.05) is 6.07 Å². The van der Waals surface area contributed by atoms with Crippen LogP contribution in [0.3, 0.4) is 0 Å². The van der Waals surface area contributed by atoms with Crippen LogP contribution < -0.4 is 10.2 Å². The van der Waals surface area contributed by atoms with Crippen LogP contribution in [0.5, 0.6) is 0 Å². The van der Waals surface area contributed by atoms with Gasteiger partial charge in [-0.25, -0.2) is 8.42 Å². The van der Waals surface area contributed by atoms with Gasteiger partial charge in [-0.15, -0.1) is 12.4 Å². The minimum absolute atomic E-state index is 0. The lowest BCUT2D eigenvalue weighted by molar-refractivity contribution is 0.590. The summed E-state index contributed by atoms with van der Waals surface area (Å²) >= 11 is 0. The van der Waals surface area contributed by atoms with Crippen LogP contribution in [0.15, 0.2) is 58.6 Å². The molecule has 1 aliphatic rings. The molecule has 1 fully saturated rings. The van der Waals surface area contributed by atoms with Crippen LogP contribution in [0.2, 0.25) is 0 Å². The molecule has 0 radical (unpaired) electrons. The topological polar surface area (TPSA) is 78.1 Å². The Morgan fingerprint density at radius 3 is 2.48 bits per heavy atom. The van der Waals surface area contributed by atoms with Gasteiger partial charge in [0, 0.05) is 38.6 Å². The van der Waals surface area contributed by atoms with Gasteiger partial charge in [-0.05, 0) is 18.2 Å². The largest absolute Gasteiger partial charge is 0.367 e. The van der Waals surface area contributed by atoms with Crippen LogP contribution in [0, 0.1) is 0 Å². The molecule has 6 nitrogen and oxygen atoms in total. The molecule has 2 aromatic heterocycles. The summed E-state index contributed by atoms with van der Waals surface area (Å²) in [7, 11) is -3.59. The van der Waals surface area contributed by atoms with Gasteiger partial charge in [-0.1, -0.05) is 18.2 Å². The third-order valence-electron chi connectivity index (χ3n) is 4.31. The number of rotatable bonds is 3. The molecule has 1 aromatic carbocycles. The fourth-order valence-corrected chi connectivity index (χ4v) is 4.48. The molecule has 132 valence electrons. The predicted octanol–water partition coefficient (Wildman–Crippen LogP) is 2.23. The number of nitrogens with one attached hydrogen (secondary N) is 2. The van der Waals surface area contributed by atoms with Crippen molar-refractivity contribution in [3.05, 3.63) is 48.8 Å². The number of pyridine rings is 1. The lowest BCUT2D eigenvalue weighted by atomic mass is 10.2. The highest BCUT2D eigenvalue weighted by Crippen LogP contribution is 2.31. The van der Waals surface area contributed by atoms with Crippen molar-refractivity contribution in [1.82, 2.24) is 15.3 Å². The van der Waals surface area contributed by atoms with Crippen molar-refractivity contribution in [3.8, 4) is 0 Å². The molecule has 3 aromatic rings. The number of fused-ring (bicyclic) bond motifs is 1. The summed E-state index contributed by atoms with van der Waals surface area (Å²) in [5.74, 6) is 0. The summed E-state index contributed by atoms with van der Waals surface area (Å²) in [5, 5.41) is 3.32. The number of piperazine rings is 1. The monoisotopic (exact) mass is 378 g/mol. The molecule has 8 heteroatoms. The predicted molar refractivity (Wildman–Crippen MR) is 100 cm³/mol. The van der Waals surface area contributed by atoms with Crippen molar-refractivity contribution < 1.29 is 8.42 Å². The fourth-order valence-electron chi connectivity index (χ4n) is 3.09. The van der Waals surface area contributed by atoms with Crippen molar-refractivity contribution >= 4 is 39.0 Å². The van der Waals surface area contributed by atoms with Gasteiger partial charge in [0.1, 0.15) is 10.4 Å². The van der Waals surface area contributed by atoms with Crippen molar-refractivity contribution in [2.24, 2.45) is 0 Å². The van der Waals surface area contributed by atoms with Gasteiger partial charge < -0.3 is 15.2 Å². The molecule has 3 heterocycles. The van der Waals surface area contributed by atoms with Gasteiger partial charge in [-0.2, -0.15) is 0 Å². The highest BCUT2D eigenvalue weighted by molar-refractivity contribution is 7.91. The molecule has 4 rings (SSSR count). The third-order valence-corrected chi connectivity index (χ3v) is 6.09. The summed E-state index contributed by atoms with van der Waals surface area (Å²) in [4.78, 5) is 10.2. The zero-order valence-corrected chi connectivity index (χ0v) is 15.1. The molecule has 0 atom stereocenters. The van der Waals surface area contributed by atoms with Crippen LogP contribution in [-0.2, 0) is 9.84 Å². The van der Waals surface area contributed by atoms with E-state index in [0.29, 0.717) is 5.52 Å². The van der Waals surface area contributed by atoms with Gasteiger partial charge in [0.2, 0.25) is 9.84 Å². The number of aromatic amines is 1. The average Bonchev–Trinajstić information content (AvgIpc) is 3.08. The number of H-pyrrole nitrogens is 1. The molecule has 25 heavy (non-hydrogen) atoms. The van der Waals surface area contributed by atoms with Crippen LogP contribution >= 0.6 is 12.4 Å². The van der Waals surface area contributed by atoms with Crippen molar-refractivity contribution in [3.63, 3.8) is 0 Å². The van der Waals surface area contributed by atoms with Crippen molar-refractivity contribution in [2.45, 2.75) is 9.79 Å². The maximum atomic E-state index is 12.9. The number of anilines is 1. The first-order chi connectivity index (χ1) is 11.7. The average molecular weight is 379 g/mol. The highest BCUT2D eigenvalue weighted by atomic mass is 35.5. The molecule has 0 bridgehead atoms. The maximum absolute atomic E-state index is 12.9. The minimum Gasteiger partial charge on any atom is -0.367 e. The zero-order chi connectivity index (χ0) is 16.6. The summed E-state index contributed by atoms with van der Waals surface area (Å²) in [6, 6.07) is 10.4. The van der Waals surface area contributed by atoms with E-state index in [0.717, 1.165) is 37.4 Å². The van der Waals surface area contributed by atoms with E-state index in [-0.39, 0.29) is 22.2 Å². The van der Waals surface area contributed by atoms with Gasteiger partial charge >= 0.3 is 0 Å². The Balaban J connectivity index is 0.00000182. The van der Waals surface area contributed by atoms with Gasteiger partial charge in [0.15, 0.2) is 0 Å². The number of aromatic nitrogens is 2. The number of hydrogen-bond acceptors (Lipinski definition) is 5. The smallest absolute Gasteiger partial charge is 0.210 e. The number of benzene rings is 1. The fraction of sp³-hybridized carbons (Fsp3) is 0.235.